The van der Waals surface area contributed by atoms with Gasteiger partial charge in [0.2, 0.25) is 11.8 Å². The summed E-state index contributed by atoms with van der Waals surface area (Å²) in [5.74, 6) is -0.0606. The Kier molecular flexibility index (Phi) is 8.91. The zero-order chi connectivity index (χ0) is 21.2. The van der Waals surface area contributed by atoms with Crippen molar-refractivity contribution < 1.29 is 9.59 Å². The minimum absolute atomic E-state index is 0.0224. The molecule has 0 radical (unpaired) electrons. The second kappa shape index (κ2) is 11.4. The van der Waals surface area contributed by atoms with Crippen molar-refractivity contribution in [1.82, 2.24) is 10.2 Å². The third-order valence-electron chi connectivity index (χ3n) is 5.17. The molecule has 0 aliphatic rings. The minimum Gasteiger partial charge on any atom is -0.352 e. The first-order valence-electron chi connectivity index (χ1n) is 10.6. The molecule has 29 heavy (non-hydrogen) atoms. The van der Waals surface area contributed by atoms with E-state index in [1.165, 1.54) is 0 Å². The molecule has 1 N–H and O–H groups in total. The number of nitrogens with zero attached hydrogens (tertiary/aromatic N) is 1. The molecule has 0 saturated heterocycles. The van der Waals surface area contributed by atoms with E-state index in [-0.39, 0.29) is 17.9 Å². The molecule has 0 spiro atoms. The Hall–Kier alpha value is -2.62. The van der Waals surface area contributed by atoms with Crippen molar-refractivity contribution in [2.45, 2.75) is 72.0 Å². The van der Waals surface area contributed by atoms with Crippen LogP contribution in [0.25, 0.3) is 0 Å². The van der Waals surface area contributed by atoms with E-state index in [9.17, 15) is 9.59 Å². The summed E-state index contributed by atoms with van der Waals surface area (Å²) in [7, 11) is 0. The lowest BCUT2D eigenvalue weighted by Gasteiger charge is -2.32. The first-order chi connectivity index (χ1) is 13.9. The molecule has 2 rings (SSSR count). The summed E-state index contributed by atoms with van der Waals surface area (Å²) in [5.41, 5.74) is 3.24. The number of amides is 2. The van der Waals surface area contributed by atoms with E-state index >= 15 is 0 Å². The molecule has 0 aliphatic heterocycles. The summed E-state index contributed by atoms with van der Waals surface area (Å²) in [6.07, 6.45) is 2.55. The average Bonchev–Trinajstić information content (AvgIpc) is 2.71. The van der Waals surface area contributed by atoms with Crippen LogP contribution in [0.4, 0.5) is 0 Å². The van der Waals surface area contributed by atoms with Gasteiger partial charge in [-0.3, -0.25) is 9.59 Å². The zero-order valence-electron chi connectivity index (χ0n) is 18.2. The molecule has 2 aromatic carbocycles. The summed E-state index contributed by atoms with van der Waals surface area (Å²) < 4.78 is 0. The fraction of sp³-hybridized carbons (Fsp3) is 0.440. The van der Waals surface area contributed by atoms with E-state index in [0.717, 1.165) is 29.5 Å². The molecule has 0 fully saturated rings. The van der Waals surface area contributed by atoms with E-state index in [0.29, 0.717) is 19.4 Å². The Bertz CT molecular complexity index is 788. The van der Waals surface area contributed by atoms with Crippen LogP contribution in [0.1, 0.15) is 56.7 Å². The Morgan fingerprint density at radius 2 is 1.69 bits per heavy atom. The normalized spacial score (nSPS) is 12.8. The molecular formula is C25H34N2O2. The standard InChI is InChI=1S/C25H34N2O2/c1-5-11-24(28)27(18-22-15-10-12-19(3)16-22)23(25(29)26-20(4)6-2)17-21-13-8-7-9-14-21/h7-10,12-16,20,23H,5-6,11,17-18H2,1-4H3,(H,26,29)/t20-,23+/m0/s1. The molecule has 0 aliphatic carbocycles. The number of aryl methyl sites for hydroxylation is 1. The van der Waals surface area contributed by atoms with Crippen molar-refractivity contribution in [2.75, 3.05) is 0 Å². The molecule has 0 aromatic heterocycles. The van der Waals surface area contributed by atoms with Gasteiger partial charge in [-0.05, 0) is 37.8 Å². The van der Waals surface area contributed by atoms with E-state index in [4.69, 9.17) is 0 Å². The van der Waals surface area contributed by atoms with Gasteiger partial charge < -0.3 is 10.2 Å². The number of rotatable bonds is 10. The Morgan fingerprint density at radius 1 is 1.00 bits per heavy atom. The minimum atomic E-state index is -0.536. The number of benzene rings is 2. The van der Waals surface area contributed by atoms with Gasteiger partial charge in [-0.25, -0.2) is 0 Å². The third kappa shape index (κ3) is 7.04. The van der Waals surface area contributed by atoms with Crippen LogP contribution in [0.2, 0.25) is 0 Å². The topological polar surface area (TPSA) is 49.4 Å². The molecule has 2 atom stereocenters. The van der Waals surface area contributed by atoms with Crippen molar-refractivity contribution in [3.63, 3.8) is 0 Å². The highest BCUT2D eigenvalue weighted by molar-refractivity contribution is 5.88. The molecule has 156 valence electrons. The van der Waals surface area contributed by atoms with Crippen LogP contribution in [-0.2, 0) is 22.6 Å². The monoisotopic (exact) mass is 394 g/mol. The maximum absolute atomic E-state index is 13.2. The van der Waals surface area contributed by atoms with Crippen LogP contribution in [0.3, 0.4) is 0 Å². The lowest BCUT2D eigenvalue weighted by Crippen LogP contribution is -2.52. The number of carbonyl (C=O) groups excluding carboxylic acids is 2. The molecule has 0 bridgehead atoms. The SMILES string of the molecule is CCCC(=O)N(Cc1cccc(C)c1)[C@H](Cc1ccccc1)C(=O)N[C@@H](C)CC. The van der Waals surface area contributed by atoms with Crippen LogP contribution in [0.5, 0.6) is 0 Å². The maximum atomic E-state index is 13.2. The van der Waals surface area contributed by atoms with Crippen molar-refractivity contribution in [2.24, 2.45) is 0 Å². The lowest BCUT2D eigenvalue weighted by molar-refractivity contribution is -0.141. The number of nitrogens with one attached hydrogen (secondary N) is 1. The van der Waals surface area contributed by atoms with Gasteiger partial charge >= 0.3 is 0 Å². The molecule has 0 unspecified atom stereocenters. The van der Waals surface area contributed by atoms with Crippen molar-refractivity contribution >= 4 is 11.8 Å². The Morgan fingerprint density at radius 3 is 2.31 bits per heavy atom. The zero-order valence-corrected chi connectivity index (χ0v) is 18.2. The van der Waals surface area contributed by atoms with Crippen molar-refractivity contribution in [3.05, 3.63) is 71.3 Å². The summed E-state index contributed by atoms with van der Waals surface area (Å²) in [6, 6.07) is 17.6. The molecule has 2 aromatic rings. The van der Waals surface area contributed by atoms with Gasteiger partial charge in [0.15, 0.2) is 0 Å². The average molecular weight is 395 g/mol. The van der Waals surface area contributed by atoms with E-state index in [2.05, 4.69) is 11.4 Å². The Labute approximate surface area is 175 Å². The van der Waals surface area contributed by atoms with E-state index in [1.807, 2.05) is 76.2 Å². The molecule has 0 saturated carbocycles. The van der Waals surface area contributed by atoms with Crippen LogP contribution in [-0.4, -0.2) is 28.8 Å². The fourth-order valence-corrected chi connectivity index (χ4v) is 3.36. The predicted octanol–water partition coefficient (Wildman–Crippen LogP) is 4.65. The van der Waals surface area contributed by atoms with Crippen LogP contribution >= 0.6 is 0 Å². The van der Waals surface area contributed by atoms with Crippen molar-refractivity contribution in [3.8, 4) is 0 Å². The van der Waals surface area contributed by atoms with Gasteiger partial charge in [-0.2, -0.15) is 0 Å². The quantitative estimate of drug-likeness (QED) is 0.638. The molecular weight excluding hydrogens is 360 g/mol. The second-order valence-electron chi connectivity index (χ2n) is 7.78. The third-order valence-corrected chi connectivity index (χ3v) is 5.17. The second-order valence-corrected chi connectivity index (χ2v) is 7.78. The van der Waals surface area contributed by atoms with Crippen LogP contribution in [0.15, 0.2) is 54.6 Å². The van der Waals surface area contributed by atoms with Gasteiger partial charge in [-0.1, -0.05) is 74.0 Å². The highest BCUT2D eigenvalue weighted by Gasteiger charge is 2.30. The van der Waals surface area contributed by atoms with Gasteiger partial charge in [0.1, 0.15) is 6.04 Å². The lowest BCUT2D eigenvalue weighted by atomic mass is 10.0. The fourth-order valence-electron chi connectivity index (χ4n) is 3.36. The molecule has 2 amide bonds. The number of hydrogen-bond donors (Lipinski definition) is 1. The highest BCUT2D eigenvalue weighted by atomic mass is 16.2. The van der Waals surface area contributed by atoms with Gasteiger partial charge in [-0.15, -0.1) is 0 Å². The highest BCUT2D eigenvalue weighted by Crippen LogP contribution is 2.17. The summed E-state index contributed by atoms with van der Waals surface area (Å²) in [6.45, 7) is 8.51. The van der Waals surface area contributed by atoms with E-state index < -0.39 is 6.04 Å². The molecule has 4 nitrogen and oxygen atoms in total. The first-order valence-corrected chi connectivity index (χ1v) is 10.6. The van der Waals surface area contributed by atoms with Crippen LogP contribution in [0, 0.1) is 6.92 Å². The smallest absolute Gasteiger partial charge is 0.243 e. The van der Waals surface area contributed by atoms with E-state index in [1.54, 1.807) is 4.90 Å². The van der Waals surface area contributed by atoms with Gasteiger partial charge in [0.05, 0.1) is 0 Å². The number of hydrogen-bond acceptors (Lipinski definition) is 2. The summed E-state index contributed by atoms with van der Waals surface area (Å²) in [4.78, 5) is 28.1. The first kappa shape index (κ1) is 22.7. The summed E-state index contributed by atoms with van der Waals surface area (Å²) >= 11 is 0. The largest absolute Gasteiger partial charge is 0.352 e. The van der Waals surface area contributed by atoms with Gasteiger partial charge in [0.25, 0.3) is 0 Å². The predicted molar refractivity (Wildman–Crippen MR) is 118 cm³/mol. The molecule has 4 heteroatoms. The van der Waals surface area contributed by atoms with Crippen molar-refractivity contribution in [1.29, 1.82) is 0 Å². The Balaban J connectivity index is 2.37. The van der Waals surface area contributed by atoms with Crippen LogP contribution < -0.4 is 5.32 Å². The summed E-state index contributed by atoms with van der Waals surface area (Å²) in [5, 5.41) is 3.09. The maximum Gasteiger partial charge on any atom is 0.243 e. The molecule has 0 heterocycles. The van der Waals surface area contributed by atoms with Gasteiger partial charge in [0, 0.05) is 25.4 Å². The number of carbonyl (C=O) groups is 2.